The van der Waals surface area contributed by atoms with Gasteiger partial charge in [0.05, 0.1) is 10.0 Å². The van der Waals surface area contributed by atoms with Crippen molar-refractivity contribution in [2.75, 3.05) is 5.32 Å². The lowest BCUT2D eigenvalue weighted by atomic mass is 10.0. The average molecular weight is 357 g/mol. The summed E-state index contributed by atoms with van der Waals surface area (Å²) in [7, 11) is 0. The SMILES string of the molecule is Cc1ccc(C2=CC(c3cccc(Cl)c3Cl)n3ncnc3N2)cc1. The zero-order chi connectivity index (χ0) is 16.7. The van der Waals surface area contributed by atoms with Crippen molar-refractivity contribution in [1.29, 1.82) is 0 Å². The molecule has 3 aromatic rings. The van der Waals surface area contributed by atoms with E-state index in [1.54, 1.807) is 10.7 Å². The number of allylic oxidation sites excluding steroid dienone is 1. The molecule has 1 aliphatic rings. The largest absolute Gasteiger partial charge is 0.324 e. The van der Waals surface area contributed by atoms with Crippen molar-refractivity contribution < 1.29 is 0 Å². The second-order valence-corrected chi connectivity index (χ2v) is 6.47. The number of hydrogen-bond donors (Lipinski definition) is 1. The normalized spacial score (nSPS) is 16.3. The summed E-state index contributed by atoms with van der Waals surface area (Å²) in [5, 5.41) is 8.71. The van der Waals surface area contributed by atoms with E-state index >= 15 is 0 Å². The third-order valence-electron chi connectivity index (χ3n) is 4.07. The molecule has 0 bridgehead atoms. The van der Waals surface area contributed by atoms with Crippen LogP contribution >= 0.6 is 23.2 Å². The summed E-state index contributed by atoms with van der Waals surface area (Å²) in [5.74, 6) is 0.675. The number of nitrogens with one attached hydrogen (secondary N) is 1. The van der Waals surface area contributed by atoms with Gasteiger partial charge in [-0.05, 0) is 24.6 Å². The molecule has 0 saturated carbocycles. The van der Waals surface area contributed by atoms with E-state index in [1.165, 1.54) is 11.9 Å². The van der Waals surface area contributed by atoms with Crippen LogP contribution < -0.4 is 5.32 Å². The Balaban J connectivity index is 1.85. The van der Waals surface area contributed by atoms with Crippen LogP contribution in [0.15, 0.2) is 54.9 Å². The Morgan fingerprint density at radius 3 is 2.67 bits per heavy atom. The molecule has 4 nitrogen and oxygen atoms in total. The van der Waals surface area contributed by atoms with E-state index in [2.05, 4.69) is 52.7 Å². The Hall–Kier alpha value is -2.30. The first-order valence-corrected chi connectivity index (χ1v) is 8.28. The number of benzene rings is 2. The molecule has 0 spiro atoms. The monoisotopic (exact) mass is 356 g/mol. The van der Waals surface area contributed by atoms with E-state index in [-0.39, 0.29) is 6.04 Å². The highest BCUT2D eigenvalue weighted by Gasteiger charge is 2.25. The molecule has 1 unspecified atom stereocenters. The summed E-state index contributed by atoms with van der Waals surface area (Å²) in [4.78, 5) is 4.30. The molecular formula is C18H14Cl2N4. The highest BCUT2D eigenvalue weighted by Crippen LogP contribution is 2.37. The minimum Gasteiger partial charge on any atom is -0.324 e. The first-order valence-electron chi connectivity index (χ1n) is 7.53. The van der Waals surface area contributed by atoms with Crippen LogP contribution in [0, 0.1) is 6.92 Å². The highest BCUT2D eigenvalue weighted by molar-refractivity contribution is 6.42. The highest BCUT2D eigenvalue weighted by atomic mass is 35.5. The molecule has 0 amide bonds. The molecule has 24 heavy (non-hydrogen) atoms. The van der Waals surface area contributed by atoms with Crippen LogP contribution in [0.25, 0.3) is 5.70 Å². The number of nitrogens with zero attached hydrogens (tertiary/aromatic N) is 3. The van der Waals surface area contributed by atoms with E-state index in [0.29, 0.717) is 16.0 Å². The zero-order valence-corrected chi connectivity index (χ0v) is 14.4. The minimum absolute atomic E-state index is 0.175. The predicted molar refractivity (Wildman–Crippen MR) is 97.4 cm³/mol. The molecule has 1 atom stereocenters. The van der Waals surface area contributed by atoms with Gasteiger partial charge in [-0.15, -0.1) is 0 Å². The zero-order valence-electron chi connectivity index (χ0n) is 12.9. The third-order valence-corrected chi connectivity index (χ3v) is 4.90. The molecular weight excluding hydrogens is 343 g/mol. The van der Waals surface area contributed by atoms with Crippen LogP contribution in [-0.4, -0.2) is 14.8 Å². The molecule has 2 heterocycles. The van der Waals surface area contributed by atoms with Gasteiger partial charge in [-0.25, -0.2) is 4.68 Å². The molecule has 1 aliphatic heterocycles. The molecule has 1 N–H and O–H groups in total. The number of rotatable bonds is 2. The molecule has 4 rings (SSSR count). The van der Waals surface area contributed by atoms with E-state index in [9.17, 15) is 0 Å². The van der Waals surface area contributed by atoms with Gasteiger partial charge >= 0.3 is 0 Å². The van der Waals surface area contributed by atoms with Crippen molar-refractivity contribution >= 4 is 34.8 Å². The fourth-order valence-corrected chi connectivity index (χ4v) is 3.23. The minimum atomic E-state index is -0.175. The van der Waals surface area contributed by atoms with Gasteiger partial charge in [-0.2, -0.15) is 10.1 Å². The molecule has 120 valence electrons. The number of aryl methyl sites for hydroxylation is 1. The quantitative estimate of drug-likeness (QED) is 0.706. The van der Waals surface area contributed by atoms with Gasteiger partial charge in [0.15, 0.2) is 0 Å². The summed E-state index contributed by atoms with van der Waals surface area (Å²) in [6.07, 6.45) is 3.61. The number of halogens is 2. The average Bonchev–Trinajstić information content (AvgIpc) is 3.06. The second kappa shape index (κ2) is 5.96. The van der Waals surface area contributed by atoms with Crippen LogP contribution in [0.5, 0.6) is 0 Å². The van der Waals surface area contributed by atoms with Crippen molar-refractivity contribution in [3.63, 3.8) is 0 Å². The molecule has 2 aromatic carbocycles. The lowest BCUT2D eigenvalue weighted by Gasteiger charge is -2.25. The number of hydrogen-bond acceptors (Lipinski definition) is 3. The summed E-state index contributed by atoms with van der Waals surface area (Å²) >= 11 is 12.6. The van der Waals surface area contributed by atoms with E-state index in [0.717, 1.165) is 16.8 Å². The molecule has 0 aliphatic carbocycles. The standard InChI is InChI=1S/C18H14Cl2N4/c1-11-5-7-12(8-6-11)15-9-16(24-18(23-15)21-10-22-24)13-3-2-4-14(19)17(13)20/h2-10,16H,1H3,(H,21,22,23). The van der Waals surface area contributed by atoms with Crippen molar-refractivity contribution in [3.8, 4) is 0 Å². The molecule has 6 heteroatoms. The Labute approximate surface area is 149 Å². The number of fused-ring (bicyclic) bond motifs is 1. The first-order chi connectivity index (χ1) is 11.6. The lowest BCUT2D eigenvalue weighted by Crippen LogP contribution is -2.20. The van der Waals surface area contributed by atoms with Gasteiger partial charge in [-0.3, -0.25) is 0 Å². The van der Waals surface area contributed by atoms with Gasteiger partial charge in [0.1, 0.15) is 12.4 Å². The molecule has 0 saturated heterocycles. The summed E-state index contributed by atoms with van der Waals surface area (Å²) in [6.45, 7) is 2.07. The van der Waals surface area contributed by atoms with Crippen LogP contribution in [0.2, 0.25) is 10.0 Å². The van der Waals surface area contributed by atoms with E-state index in [1.807, 2.05) is 12.1 Å². The van der Waals surface area contributed by atoms with Crippen molar-refractivity contribution in [2.45, 2.75) is 13.0 Å². The fourth-order valence-electron chi connectivity index (χ4n) is 2.81. The smallest absolute Gasteiger partial charge is 0.226 e. The second-order valence-electron chi connectivity index (χ2n) is 5.69. The topological polar surface area (TPSA) is 42.7 Å². The molecule has 1 aromatic heterocycles. The number of anilines is 1. The van der Waals surface area contributed by atoms with E-state index < -0.39 is 0 Å². The Morgan fingerprint density at radius 2 is 1.88 bits per heavy atom. The fraction of sp³-hybridized carbons (Fsp3) is 0.111. The van der Waals surface area contributed by atoms with Gasteiger partial charge in [0.2, 0.25) is 5.95 Å². The van der Waals surface area contributed by atoms with Gasteiger partial charge in [-0.1, -0.05) is 65.2 Å². The van der Waals surface area contributed by atoms with Crippen molar-refractivity contribution in [3.05, 3.63) is 81.6 Å². The van der Waals surface area contributed by atoms with E-state index in [4.69, 9.17) is 23.2 Å². The summed E-state index contributed by atoms with van der Waals surface area (Å²) in [6, 6.07) is 13.8. The van der Waals surface area contributed by atoms with Gasteiger partial charge in [0.25, 0.3) is 0 Å². The summed E-state index contributed by atoms with van der Waals surface area (Å²) in [5.41, 5.74) is 4.16. The third kappa shape index (κ3) is 2.58. The van der Waals surface area contributed by atoms with Gasteiger partial charge in [0, 0.05) is 11.3 Å². The first kappa shape index (κ1) is 15.2. The predicted octanol–water partition coefficient (Wildman–Crippen LogP) is 4.95. The van der Waals surface area contributed by atoms with Crippen LogP contribution in [0.4, 0.5) is 5.95 Å². The number of aromatic nitrogens is 3. The Bertz CT molecular complexity index is 928. The van der Waals surface area contributed by atoms with Crippen molar-refractivity contribution in [2.24, 2.45) is 0 Å². The maximum absolute atomic E-state index is 6.43. The van der Waals surface area contributed by atoms with Crippen molar-refractivity contribution in [1.82, 2.24) is 14.8 Å². The van der Waals surface area contributed by atoms with Gasteiger partial charge < -0.3 is 5.32 Å². The lowest BCUT2D eigenvalue weighted by molar-refractivity contribution is 0.612. The Kier molecular flexibility index (Phi) is 3.79. The Morgan fingerprint density at radius 1 is 1.08 bits per heavy atom. The molecule has 0 radical (unpaired) electrons. The molecule has 0 fully saturated rings. The van der Waals surface area contributed by atoms with Crippen LogP contribution in [-0.2, 0) is 0 Å². The van der Waals surface area contributed by atoms with Crippen LogP contribution in [0.1, 0.15) is 22.7 Å². The maximum atomic E-state index is 6.43. The van der Waals surface area contributed by atoms with Crippen LogP contribution in [0.3, 0.4) is 0 Å². The summed E-state index contributed by atoms with van der Waals surface area (Å²) < 4.78 is 1.80. The maximum Gasteiger partial charge on any atom is 0.226 e.